The van der Waals surface area contributed by atoms with E-state index in [0.29, 0.717) is 13.2 Å². The minimum Gasteiger partial charge on any atom is -0.382 e. The van der Waals surface area contributed by atoms with E-state index in [1.54, 1.807) is 7.11 Å². The van der Waals surface area contributed by atoms with Gasteiger partial charge in [-0.15, -0.1) is 0 Å². The molecule has 0 unspecified atom stereocenters. The Morgan fingerprint density at radius 1 is 1.15 bits per heavy atom. The second-order valence-corrected chi connectivity index (χ2v) is 3.76. The molecule has 0 fully saturated rings. The molecule has 0 aliphatic heterocycles. The largest absolute Gasteiger partial charge is 0.382 e. The summed E-state index contributed by atoms with van der Waals surface area (Å²) in [6.45, 7) is 8.77. The normalized spacial score (nSPS) is 11.5. The minimum atomic E-state index is 0.688. The maximum Gasteiger partial charge on any atom is 0.0700 e. The Balaban J connectivity index is 3.12. The van der Waals surface area contributed by atoms with E-state index >= 15 is 0 Å². The lowest BCUT2D eigenvalue weighted by molar-refractivity contribution is 0.0593. The Morgan fingerprint density at radius 3 is 2.38 bits per heavy atom. The van der Waals surface area contributed by atoms with Gasteiger partial charge < -0.3 is 14.4 Å². The van der Waals surface area contributed by atoms with Crippen molar-refractivity contribution in [1.29, 1.82) is 0 Å². The van der Waals surface area contributed by atoms with Gasteiger partial charge in [0.05, 0.1) is 19.8 Å². The summed E-state index contributed by atoms with van der Waals surface area (Å²) in [6, 6.07) is 0. The number of likely N-dealkylation sites (N-methyl/N-ethyl adjacent to an activating group) is 1. The van der Waals surface area contributed by atoms with Crippen LogP contribution in [-0.2, 0) is 9.47 Å². The third-order valence-electron chi connectivity index (χ3n) is 1.73. The lowest BCUT2D eigenvalue weighted by atomic mass is 10.2. The Hall–Kier alpha value is -0.120. The number of nitrogens with zero attached hydrogens (tertiary/aromatic N) is 1. The summed E-state index contributed by atoms with van der Waals surface area (Å²) in [5.74, 6) is 0.726. The van der Waals surface area contributed by atoms with Gasteiger partial charge in [0, 0.05) is 20.2 Å². The molecule has 0 aromatic heterocycles. The summed E-state index contributed by atoms with van der Waals surface area (Å²) >= 11 is 0. The highest BCUT2D eigenvalue weighted by molar-refractivity contribution is 4.53. The van der Waals surface area contributed by atoms with Gasteiger partial charge in [0.15, 0.2) is 0 Å². The fourth-order valence-corrected chi connectivity index (χ4v) is 1.18. The van der Waals surface area contributed by atoms with Crippen LogP contribution in [0.3, 0.4) is 0 Å². The molecule has 0 N–H and O–H groups in total. The molecule has 80 valence electrons. The first-order valence-electron chi connectivity index (χ1n) is 4.92. The molecular formula is C10H23NO2. The van der Waals surface area contributed by atoms with Crippen LogP contribution >= 0.6 is 0 Å². The fourth-order valence-electron chi connectivity index (χ4n) is 1.18. The molecule has 0 spiro atoms. The average molecular weight is 189 g/mol. The lowest BCUT2D eigenvalue weighted by Gasteiger charge is -2.18. The second kappa shape index (κ2) is 8.48. The number of ether oxygens (including phenoxy) is 2. The molecule has 0 aromatic rings. The predicted molar refractivity (Wildman–Crippen MR) is 55.0 cm³/mol. The average Bonchev–Trinajstić information content (AvgIpc) is 2.02. The van der Waals surface area contributed by atoms with Crippen LogP contribution in [0.4, 0.5) is 0 Å². The molecule has 0 amide bonds. The van der Waals surface area contributed by atoms with Gasteiger partial charge in [0.1, 0.15) is 0 Å². The summed E-state index contributed by atoms with van der Waals surface area (Å²) in [6.07, 6.45) is 0. The van der Waals surface area contributed by atoms with Crippen LogP contribution in [0.1, 0.15) is 13.8 Å². The minimum absolute atomic E-state index is 0.688. The van der Waals surface area contributed by atoms with Crippen molar-refractivity contribution >= 4 is 0 Å². The molecule has 0 radical (unpaired) electrons. The zero-order chi connectivity index (χ0) is 10.1. The van der Waals surface area contributed by atoms with Crippen LogP contribution in [-0.4, -0.2) is 52.0 Å². The molecule has 0 aliphatic carbocycles. The Kier molecular flexibility index (Phi) is 8.40. The van der Waals surface area contributed by atoms with Crippen molar-refractivity contribution < 1.29 is 9.47 Å². The predicted octanol–water partition coefficient (Wildman–Crippen LogP) is 1.24. The molecule has 0 heterocycles. The second-order valence-electron chi connectivity index (χ2n) is 3.76. The number of methoxy groups -OCH3 is 1. The molecule has 3 heteroatoms. The van der Waals surface area contributed by atoms with E-state index in [1.807, 2.05) is 0 Å². The van der Waals surface area contributed by atoms with Crippen molar-refractivity contribution in [2.45, 2.75) is 13.8 Å². The third kappa shape index (κ3) is 9.80. The van der Waals surface area contributed by atoms with Gasteiger partial charge in [-0.05, 0) is 13.0 Å². The molecule has 0 bridgehead atoms. The maximum atomic E-state index is 5.36. The van der Waals surface area contributed by atoms with E-state index in [9.17, 15) is 0 Å². The van der Waals surface area contributed by atoms with Crippen molar-refractivity contribution in [3.63, 3.8) is 0 Å². The zero-order valence-electron chi connectivity index (χ0n) is 9.38. The highest BCUT2D eigenvalue weighted by Crippen LogP contribution is 1.94. The van der Waals surface area contributed by atoms with Crippen LogP contribution in [0.5, 0.6) is 0 Å². The van der Waals surface area contributed by atoms with Gasteiger partial charge in [-0.25, -0.2) is 0 Å². The maximum absolute atomic E-state index is 5.36. The topological polar surface area (TPSA) is 21.7 Å². The van der Waals surface area contributed by atoms with Gasteiger partial charge >= 0.3 is 0 Å². The first-order chi connectivity index (χ1) is 6.16. The summed E-state index contributed by atoms with van der Waals surface area (Å²) < 4.78 is 10.2. The van der Waals surface area contributed by atoms with Gasteiger partial charge in [0.2, 0.25) is 0 Å². The SMILES string of the molecule is COCCOCCN(C)CC(C)C. The van der Waals surface area contributed by atoms with Crippen LogP contribution in [0, 0.1) is 5.92 Å². The lowest BCUT2D eigenvalue weighted by Crippen LogP contribution is -2.27. The van der Waals surface area contributed by atoms with Crippen molar-refractivity contribution in [3.8, 4) is 0 Å². The highest BCUT2D eigenvalue weighted by Gasteiger charge is 2.00. The van der Waals surface area contributed by atoms with Gasteiger partial charge in [-0.3, -0.25) is 0 Å². The van der Waals surface area contributed by atoms with Crippen LogP contribution in [0.2, 0.25) is 0 Å². The molecule has 0 saturated carbocycles. The molecule has 13 heavy (non-hydrogen) atoms. The van der Waals surface area contributed by atoms with Crippen molar-refractivity contribution in [2.75, 3.05) is 47.1 Å². The van der Waals surface area contributed by atoms with E-state index in [-0.39, 0.29) is 0 Å². The van der Waals surface area contributed by atoms with Crippen molar-refractivity contribution in [3.05, 3.63) is 0 Å². The fraction of sp³-hybridized carbons (Fsp3) is 1.00. The molecule has 3 nitrogen and oxygen atoms in total. The molecule has 0 atom stereocenters. The molecule has 0 aromatic carbocycles. The van der Waals surface area contributed by atoms with Gasteiger partial charge in [-0.1, -0.05) is 13.8 Å². The van der Waals surface area contributed by atoms with E-state index in [4.69, 9.17) is 9.47 Å². The quantitative estimate of drug-likeness (QED) is 0.536. The smallest absolute Gasteiger partial charge is 0.0700 e. The van der Waals surface area contributed by atoms with Crippen molar-refractivity contribution in [1.82, 2.24) is 4.90 Å². The Morgan fingerprint density at radius 2 is 1.85 bits per heavy atom. The van der Waals surface area contributed by atoms with E-state index in [2.05, 4.69) is 25.8 Å². The number of hydrogen-bond donors (Lipinski definition) is 0. The molecular weight excluding hydrogens is 166 g/mol. The first-order valence-corrected chi connectivity index (χ1v) is 4.92. The summed E-state index contributed by atoms with van der Waals surface area (Å²) in [7, 11) is 3.81. The standard InChI is InChI=1S/C10H23NO2/c1-10(2)9-11(3)5-6-13-8-7-12-4/h10H,5-9H2,1-4H3. The highest BCUT2D eigenvalue weighted by atomic mass is 16.5. The Labute approximate surface area is 82.0 Å². The first kappa shape index (κ1) is 12.9. The van der Waals surface area contributed by atoms with Crippen LogP contribution in [0.15, 0.2) is 0 Å². The van der Waals surface area contributed by atoms with Crippen LogP contribution < -0.4 is 0 Å². The van der Waals surface area contributed by atoms with Crippen molar-refractivity contribution in [2.24, 2.45) is 5.92 Å². The van der Waals surface area contributed by atoms with Crippen LogP contribution in [0.25, 0.3) is 0 Å². The Bertz CT molecular complexity index is 107. The molecule has 0 saturated heterocycles. The molecule has 0 rings (SSSR count). The van der Waals surface area contributed by atoms with E-state index in [1.165, 1.54) is 0 Å². The summed E-state index contributed by atoms with van der Waals surface area (Å²) in [5, 5.41) is 0. The molecule has 0 aliphatic rings. The zero-order valence-corrected chi connectivity index (χ0v) is 9.38. The number of rotatable bonds is 8. The van der Waals surface area contributed by atoms with E-state index in [0.717, 1.165) is 25.6 Å². The van der Waals surface area contributed by atoms with E-state index < -0.39 is 0 Å². The van der Waals surface area contributed by atoms with Gasteiger partial charge in [-0.2, -0.15) is 0 Å². The van der Waals surface area contributed by atoms with Gasteiger partial charge in [0.25, 0.3) is 0 Å². The number of hydrogen-bond acceptors (Lipinski definition) is 3. The third-order valence-corrected chi connectivity index (χ3v) is 1.73. The summed E-state index contributed by atoms with van der Waals surface area (Å²) in [4.78, 5) is 2.29. The summed E-state index contributed by atoms with van der Waals surface area (Å²) in [5.41, 5.74) is 0. The monoisotopic (exact) mass is 189 g/mol.